The van der Waals surface area contributed by atoms with Gasteiger partial charge in [-0.15, -0.1) is 0 Å². The highest BCUT2D eigenvalue weighted by Gasteiger charge is 2.34. The van der Waals surface area contributed by atoms with E-state index < -0.39 is 34.4 Å². The van der Waals surface area contributed by atoms with Crippen LogP contribution in [-0.4, -0.2) is 51.4 Å². The number of halogens is 3. The SMILES string of the molecule is CCOc1ccccc1N(CC(=O)N(Cc1ccc(Cl)c(Cl)c1)C(CC)C(=O)NC)S(=O)(=O)c1ccc(Cl)cc1. The number of benzene rings is 3. The van der Waals surface area contributed by atoms with Crippen LogP contribution in [0.1, 0.15) is 25.8 Å². The first-order valence-corrected chi connectivity index (χ1v) is 15.1. The fraction of sp³-hybridized carbons (Fsp3) is 0.286. The Labute approximate surface area is 249 Å². The number of likely N-dealkylation sites (N-methyl/N-ethyl adjacent to an activating group) is 1. The summed E-state index contributed by atoms with van der Waals surface area (Å²) >= 11 is 18.3. The highest BCUT2D eigenvalue weighted by molar-refractivity contribution is 7.92. The number of sulfonamides is 1. The summed E-state index contributed by atoms with van der Waals surface area (Å²) in [6.45, 7) is 3.20. The number of ether oxygens (including phenoxy) is 1. The van der Waals surface area contributed by atoms with Gasteiger partial charge in [0.25, 0.3) is 10.0 Å². The lowest BCUT2D eigenvalue weighted by molar-refractivity contribution is -0.140. The average molecular weight is 627 g/mol. The Balaban J connectivity index is 2.12. The number of nitrogens with zero attached hydrogens (tertiary/aromatic N) is 2. The van der Waals surface area contributed by atoms with Crippen LogP contribution in [0.25, 0.3) is 0 Å². The molecule has 214 valence electrons. The zero-order chi connectivity index (χ0) is 29.4. The third-order valence-electron chi connectivity index (χ3n) is 6.08. The first-order chi connectivity index (χ1) is 19.0. The van der Waals surface area contributed by atoms with Crippen molar-refractivity contribution in [2.75, 3.05) is 24.5 Å². The van der Waals surface area contributed by atoms with Gasteiger partial charge in [-0.05, 0) is 67.4 Å². The van der Waals surface area contributed by atoms with Crippen LogP contribution >= 0.6 is 34.8 Å². The average Bonchev–Trinajstić information content (AvgIpc) is 2.94. The van der Waals surface area contributed by atoms with Gasteiger partial charge >= 0.3 is 0 Å². The molecule has 0 radical (unpaired) electrons. The van der Waals surface area contributed by atoms with E-state index in [1.807, 2.05) is 0 Å². The maximum Gasteiger partial charge on any atom is 0.264 e. The summed E-state index contributed by atoms with van der Waals surface area (Å²) in [5, 5.41) is 3.58. The minimum absolute atomic E-state index is 0.0103. The van der Waals surface area contributed by atoms with Gasteiger partial charge in [0.2, 0.25) is 11.8 Å². The second-order valence-corrected chi connectivity index (χ2v) is 11.8. The second-order valence-electron chi connectivity index (χ2n) is 8.67. The Morgan fingerprint density at radius 3 is 2.23 bits per heavy atom. The fourth-order valence-corrected chi connectivity index (χ4v) is 5.98. The van der Waals surface area contributed by atoms with Gasteiger partial charge in [0, 0.05) is 18.6 Å². The summed E-state index contributed by atoms with van der Waals surface area (Å²) in [5.41, 5.74) is 0.794. The molecule has 40 heavy (non-hydrogen) atoms. The monoisotopic (exact) mass is 625 g/mol. The smallest absolute Gasteiger partial charge is 0.264 e. The van der Waals surface area contributed by atoms with Crippen LogP contribution in [0.4, 0.5) is 5.69 Å². The van der Waals surface area contributed by atoms with E-state index in [1.165, 1.54) is 36.2 Å². The molecule has 12 heteroatoms. The van der Waals surface area contributed by atoms with E-state index in [-0.39, 0.29) is 40.9 Å². The molecule has 3 rings (SSSR count). The summed E-state index contributed by atoms with van der Waals surface area (Å²) in [6.07, 6.45) is 0.284. The van der Waals surface area contributed by atoms with Crippen molar-refractivity contribution in [3.8, 4) is 5.75 Å². The Hall–Kier alpha value is -2.98. The number of carbonyl (C=O) groups excluding carboxylic acids is 2. The Morgan fingerprint density at radius 1 is 0.950 bits per heavy atom. The van der Waals surface area contributed by atoms with Gasteiger partial charge in [-0.3, -0.25) is 13.9 Å². The zero-order valence-electron chi connectivity index (χ0n) is 22.2. The number of carbonyl (C=O) groups is 2. The number of hydrogen-bond acceptors (Lipinski definition) is 5. The molecule has 3 aromatic rings. The normalized spacial score (nSPS) is 11.9. The predicted molar refractivity (Wildman–Crippen MR) is 159 cm³/mol. The van der Waals surface area contributed by atoms with Crippen LogP contribution in [-0.2, 0) is 26.2 Å². The van der Waals surface area contributed by atoms with Gasteiger partial charge in [0.05, 0.1) is 27.2 Å². The molecule has 1 N–H and O–H groups in total. The number of para-hydroxylation sites is 2. The van der Waals surface area contributed by atoms with Crippen molar-refractivity contribution >= 4 is 62.3 Å². The lowest BCUT2D eigenvalue weighted by Crippen LogP contribution is -2.51. The van der Waals surface area contributed by atoms with Crippen molar-refractivity contribution in [2.24, 2.45) is 0 Å². The van der Waals surface area contributed by atoms with Crippen molar-refractivity contribution < 1.29 is 22.7 Å². The number of anilines is 1. The molecule has 0 aliphatic rings. The van der Waals surface area contributed by atoms with Crippen LogP contribution < -0.4 is 14.4 Å². The summed E-state index contributed by atoms with van der Waals surface area (Å²) in [6, 6.07) is 16.2. The molecule has 0 aliphatic heterocycles. The third kappa shape index (κ3) is 7.40. The van der Waals surface area contributed by atoms with Crippen LogP contribution in [0.5, 0.6) is 5.75 Å². The van der Waals surface area contributed by atoms with Gasteiger partial charge in [-0.25, -0.2) is 8.42 Å². The number of hydrogen-bond donors (Lipinski definition) is 1. The molecule has 1 unspecified atom stereocenters. The van der Waals surface area contributed by atoms with E-state index in [0.29, 0.717) is 15.6 Å². The highest BCUT2D eigenvalue weighted by Crippen LogP contribution is 2.33. The van der Waals surface area contributed by atoms with E-state index in [4.69, 9.17) is 39.5 Å². The van der Waals surface area contributed by atoms with Crippen LogP contribution in [0.2, 0.25) is 15.1 Å². The van der Waals surface area contributed by atoms with Crippen molar-refractivity contribution in [3.05, 3.63) is 87.4 Å². The summed E-state index contributed by atoms with van der Waals surface area (Å²) in [7, 11) is -2.80. The molecule has 0 fully saturated rings. The van der Waals surface area contributed by atoms with Crippen molar-refractivity contribution in [2.45, 2.75) is 37.8 Å². The number of amides is 2. The summed E-state index contributed by atoms with van der Waals surface area (Å²) in [4.78, 5) is 28.1. The van der Waals surface area contributed by atoms with Gasteiger partial charge in [0.15, 0.2) is 0 Å². The van der Waals surface area contributed by atoms with E-state index in [9.17, 15) is 18.0 Å². The highest BCUT2D eigenvalue weighted by atomic mass is 35.5. The van der Waals surface area contributed by atoms with Crippen molar-refractivity contribution in [1.29, 1.82) is 0 Å². The lowest BCUT2D eigenvalue weighted by Gasteiger charge is -2.33. The molecule has 1 atom stereocenters. The number of nitrogens with one attached hydrogen (secondary N) is 1. The van der Waals surface area contributed by atoms with Crippen LogP contribution in [0.3, 0.4) is 0 Å². The van der Waals surface area contributed by atoms with Gasteiger partial charge < -0.3 is 15.0 Å². The van der Waals surface area contributed by atoms with E-state index in [1.54, 1.807) is 56.3 Å². The Morgan fingerprint density at radius 2 is 1.62 bits per heavy atom. The van der Waals surface area contributed by atoms with Crippen LogP contribution in [0.15, 0.2) is 71.6 Å². The molecular weight excluding hydrogens is 597 g/mol. The molecule has 0 aliphatic carbocycles. The minimum Gasteiger partial charge on any atom is -0.492 e. The van der Waals surface area contributed by atoms with Gasteiger partial charge in [-0.2, -0.15) is 0 Å². The molecular formula is C28H30Cl3N3O5S. The molecule has 3 aromatic carbocycles. The Bertz CT molecular complexity index is 1450. The first-order valence-electron chi connectivity index (χ1n) is 12.5. The standard InChI is InChI=1S/C28H30Cl3N3O5S/c1-4-24(28(36)32-3)33(17-19-10-15-22(30)23(31)16-19)27(35)18-34(25-8-6-7-9-26(25)39-5-2)40(37,38)21-13-11-20(29)12-14-21/h6-16,24H,4-5,17-18H2,1-3H3,(H,32,36). The lowest BCUT2D eigenvalue weighted by atomic mass is 10.1. The molecule has 2 amide bonds. The van der Waals surface area contributed by atoms with Crippen molar-refractivity contribution in [3.63, 3.8) is 0 Å². The van der Waals surface area contributed by atoms with E-state index in [0.717, 1.165) is 4.31 Å². The van der Waals surface area contributed by atoms with Crippen LogP contribution in [0, 0.1) is 0 Å². The predicted octanol–water partition coefficient (Wildman–Crippen LogP) is 5.79. The molecule has 0 bridgehead atoms. The molecule has 0 saturated carbocycles. The summed E-state index contributed by atoms with van der Waals surface area (Å²) < 4.78 is 34.6. The maximum absolute atomic E-state index is 14.0. The molecule has 0 heterocycles. The Kier molecular flexibility index (Phi) is 11.1. The van der Waals surface area contributed by atoms with Gasteiger partial charge in [-0.1, -0.05) is 59.9 Å². The quantitative estimate of drug-likeness (QED) is 0.274. The number of rotatable bonds is 12. The second kappa shape index (κ2) is 14.1. The summed E-state index contributed by atoms with van der Waals surface area (Å²) in [5.74, 6) is -0.715. The maximum atomic E-state index is 14.0. The first kappa shape index (κ1) is 31.5. The fourth-order valence-electron chi connectivity index (χ4n) is 4.11. The van der Waals surface area contributed by atoms with Crippen molar-refractivity contribution in [1.82, 2.24) is 10.2 Å². The zero-order valence-corrected chi connectivity index (χ0v) is 25.3. The molecule has 0 saturated heterocycles. The largest absolute Gasteiger partial charge is 0.492 e. The van der Waals surface area contributed by atoms with Gasteiger partial charge in [0.1, 0.15) is 18.3 Å². The molecule has 0 aromatic heterocycles. The topological polar surface area (TPSA) is 96.0 Å². The van der Waals surface area contributed by atoms with E-state index in [2.05, 4.69) is 5.32 Å². The molecule has 8 nitrogen and oxygen atoms in total. The minimum atomic E-state index is -4.28. The third-order valence-corrected chi connectivity index (χ3v) is 8.85. The van der Waals surface area contributed by atoms with E-state index >= 15 is 0 Å². The molecule has 0 spiro atoms.